The number of nitrogens with one attached hydrogen (secondary N) is 2. The summed E-state index contributed by atoms with van der Waals surface area (Å²) >= 11 is 1.60. The molecule has 2 bridgehead atoms. The number of amides is 1. The summed E-state index contributed by atoms with van der Waals surface area (Å²) in [5.41, 5.74) is 3.76. The molecule has 0 saturated carbocycles. The van der Waals surface area contributed by atoms with Gasteiger partial charge in [-0.15, -0.1) is 11.3 Å². The van der Waals surface area contributed by atoms with Crippen molar-refractivity contribution in [2.45, 2.75) is 51.2 Å². The van der Waals surface area contributed by atoms with Crippen LogP contribution in [0.2, 0.25) is 0 Å². The summed E-state index contributed by atoms with van der Waals surface area (Å²) in [4.78, 5) is 26.7. The summed E-state index contributed by atoms with van der Waals surface area (Å²) in [6.45, 7) is 2.52. The van der Waals surface area contributed by atoms with Crippen LogP contribution in [-0.4, -0.2) is 45.2 Å². The first-order valence-electron chi connectivity index (χ1n) is 10.6. The van der Waals surface area contributed by atoms with Crippen molar-refractivity contribution in [2.75, 3.05) is 6.54 Å². The third kappa shape index (κ3) is 4.65. The molecule has 164 valence electrons. The van der Waals surface area contributed by atoms with E-state index in [0.29, 0.717) is 12.6 Å². The van der Waals surface area contributed by atoms with E-state index in [0.717, 1.165) is 38.4 Å². The second-order valence-electron chi connectivity index (χ2n) is 8.35. The van der Waals surface area contributed by atoms with Crippen LogP contribution < -0.4 is 10.6 Å². The minimum Gasteiger partial charge on any atom is -0.481 e. The highest BCUT2D eigenvalue weighted by molar-refractivity contribution is 7.07. The van der Waals surface area contributed by atoms with Gasteiger partial charge in [0.2, 0.25) is 5.91 Å². The molecule has 2 aliphatic heterocycles. The first-order valence-corrected chi connectivity index (χ1v) is 11.6. The second-order valence-corrected chi connectivity index (χ2v) is 9.07. The summed E-state index contributed by atoms with van der Waals surface area (Å²) in [7, 11) is 0. The molecule has 31 heavy (non-hydrogen) atoms. The fourth-order valence-electron chi connectivity index (χ4n) is 4.97. The van der Waals surface area contributed by atoms with Crippen LogP contribution in [0.25, 0.3) is 10.9 Å². The van der Waals surface area contributed by atoms with E-state index in [-0.39, 0.29) is 17.4 Å². The maximum absolute atomic E-state index is 13.3. The number of aromatic nitrogens is 2. The lowest BCUT2D eigenvalue weighted by Crippen LogP contribution is -2.50. The SMILES string of the molecule is CC(=O)O.O=C(NCCn1ccc2ccccc21)[C@]1(Cc2cscn2)C[C@@H]2CC[C@H]1N2. The molecule has 4 heterocycles. The Bertz CT molecular complexity index is 1040. The second kappa shape index (κ2) is 9.20. The number of benzene rings is 1. The van der Waals surface area contributed by atoms with Crippen LogP contribution in [0.15, 0.2) is 47.4 Å². The Balaban J connectivity index is 0.000000535. The van der Waals surface area contributed by atoms with Crippen LogP contribution in [0.4, 0.5) is 0 Å². The van der Waals surface area contributed by atoms with Crippen molar-refractivity contribution in [1.82, 2.24) is 20.2 Å². The number of carboxylic acids is 1. The lowest BCUT2D eigenvalue weighted by atomic mass is 9.70. The molecule has 1 amide bonds. The minimum atomic E-state index is -0.833. The Morgan fingerprint density at radius 2 is 2.13 bits per heavy atom. The van der Waals surface area contributed by atoms with E-state index in [9.17, 15) is 4.79 Å². The zero-order chi connectivity index (χ0) is 21.8. The fourth-order valence-corrected chi connectivity index (χ4v) is 5.53. The Morgan fingerprint density at radius 3 is 2.81 bits per heavy atom. The van der Waals surface area contributed by atoms with Crippen molar-refractivity contribution in [3.05, 3.63) is 53.1 Å². The molecule has 3 N–H and O–H groups in total. The third-order valence-electron chi connectivity index (χ3n) is 6.27. The largest absolute Gasteiger partial charge is 0.481 e. The highest BCUT2D eigenvalue weighted by Crippen LogP contribution is 2.45. The van der Waals surface area contributed by atoms with Gasteiger partial charge in [0.15, 0.2) is 0 Å². The number of carboxylic acid groups (broad SMARTS) is 1. The van der Waals surface area contributed by atoms with Gasteiger partial charge in [-0.05, 0) is 36.8 Å². The van der Waals surface area contributed by atoms with E-state index >= 15 is 0 Å². The Morgan fingerprint density at radius 1 is 1.32 bits per heavy atom. The molecule has 3 atom stereocenters. The Hall–Kier alpha value is -2.71. The number of rotatable bonds is 6. The predicted molar refractivity (Wildman–Crippen MR) is 121 cm³/mol. The third-order valence-corrected chi connectivity index (χ3v) is 6.90. The average Bonchev–Trinajstić information content (AvgIpc) is 3.53. The molecular formula is C23H28N4O3S. The van der Waals surface area contributed by atoms with Crippen LogP contribution in [0.5, 0.6) is 0 Å². The molecule has 0 spiro atoms. The van der Waals surface area contributed by atoms with Crippen LogP contribution in [-0.2, 0) is 22.6 Å². The molecule has 1 aromatic carbocycles. The standard InChI is InChI=1S/C21H24N4OS.C2H4O2/c26-20(22-8-10-25-9-7-15-3-1-2-4-18(15)25)21(12-17-13-27-14-23-17)11-16-5-6-19(21)24-16;1-2(3)4/h1-4,7,9,13-14,16,19,24H,5-6,8,10-12H2,(H,22,26);1H3,(H,3,4)/t16-,19+,21-;/m0./s1. The van der Waals surface area contributed by atoms with Crippen molar-refractivity contribution in [3.63, 3.8) is 0 Å². The normalized spacial score (nSPS) is 24.0. The molecular weight excluding hydrogens is 412 g/mol. The molecule has 8 heteroatoms. The van der Waals surface area contributed by atoms with Crippen LogP contribution in [0.3, 0.4) is 0 Å². The lowest BCUT2D eigenvalue weighted by Gasteiger charge is -2.34. The average molecular weight is 441 g/mol. The molecule has 0 aliphatic carbocycles. The lowest BCUT2D eigenvalue weighted by molar-refractivity contribution is -0.134. The molecule has 0 radical (unpaired) electrons. The number of carbonyl (C=O) groups excluding carboxylic acids is 1. The molecule has 7 nitrogen and oxygen atoms in total. The summed E-state index contributed by atoms with van der Waals surface area (Å²) in [5.74, 6) is -0.647. The predicted octanol–water partition coefficient (Wildman–Crippen LogP) is 3.06. The first-order chi connectivity index (χ1) is 15.0. The van der Waals surface area contributed by atoms with Gasteiger partial charge in [0.1, 0.15) is 0 Å². The summed E-state index contributed by atoms with van der Waals surface area (Å²) in [6.07, 6.45) is 6.04. The van der Waals surface area contributed by atoms with Gasteiger partial charge in [0, 0.05) is 55.6 Å². The van der Waals surface area contributed by atoms with E-state index in [1.807, 2.05) is 5.51 Å². The van der Waals surface area contributed by atoms with Gasteiger partial charge in [-0.2, -0.15) is 0 Å². The summed E-state index contributed by atoms with van der Waals surface area (Å²) < 4.78 is 2.21. The van der Waals surface area contributed by atoms with Crippen LogP contribution >= 0.6 is 11.3 Å². The van der Waals surface area contributed by atoms with E-state index in [2.05, 4.69) is 62.1 Å². The molecule has 3 aromatic rings. The quantitative estimate of drug-likeness (QED) is 0.548. The highest BCUT2D eigenvalue weighted by atomic mass is 32.1. The molecule has 2 saturated heterocycles. The number of nitrogens with zero attached hydrogens (tertiary/aromatic N) is 2. The van der Waals surface area contributed by atoms with Gasteiger partial charge in [0.25, 0.3) is 5.97 Å². The molecule has 2 fully saturated rings. The van der Waals surface area contributed by atoms with Crippen LogP contribution in [0.1, 0.15) is 31.9 Å². The van der Waals surface area contributed by atoms with E-state index in [1.165, 1.54) is 17.3 Å². The van der Waals surface area contributed by atoms with Gasteiger partial charge in [-0.25, -0.2) is 4.98 Å². The number of hydrogen-bond donors (Lipinski definition) is 3. The Kier molecular flexibility index (Phi) is 6.38. The van der Waals surface area contributed by atoms with Crippen molar-refractivity contribution in [2.24, 2.45) is 5.41 Å². The van der Waals surface area contributed by atoms with Crippen molar-refractivity contribution in [1.29, 1.82) is 0 Å². The number of fused-ring (bicyclic) bond motifs is 3. The number of aliphatic carboxylic acids is 1. The highest BCUT2D eigenvalue weighted by Gasteiger charge is 2.55. The Labute approximate surface area is 185 Å². The number of hydrogen-bond acceptors (Lipinski definition) is 5. The topological polar surface area (TPSA) is 96.2 Å². The smallest absolute Gasteiger partial charge is 0.300 e. The zero-order valence-corrected chi connectivity index (χ0v) is 18.4. The van der Waals surface area contributed by atoms with Crippen LogP contribution in [0, 0.1) is 5.41 Å². The molecule has 2 aromatic heterocycles. The minimum absolute atomic E-state index is 0.187. The molecule has 0 unspecified atom stereocenters. The van der Waals surface area contributed by atoms with Gasteiger partial charge in [-0.1, -0.05) is 18.2 Å². The maximum Gasteiger partial charge on any atom is 0.300 e. The fraction of sp³-hybridized carbons (Fsp3) is 0.435. The van der Waals surface area contributed by atoms with Crippen molar-refractivity contribution >= 4 is 34.1 Å². The first kappa shape index (κ1) is 21.5. The maximum atomic E-state index is 13.3. The molecule has 5 rings (SSSR count). The van der Waals surface area contributed by atoms with Crippen molar-refractivity contribution in [3.8, 4) is 0 Å². The number of para-hydroxylation sites is 1. The molecule has 2 aliphatic rings. The van der Waals surface area contributed by atoms with Gasteiger partial charge >= 0.3 is 0 Å². The van der Waals surface area contributed by atoms with E-state index in [1.54, 1.807) is 11.3 Å². The summed E-state index contributed by atoms with van der Waals surface area (Å²) in [5, 5.41) is 17.6. The van der Waals surface area contributed by atoms with E-state index < -0.39 is 5.97 Å². The van der Waals surface area contributed by atoms with E-state index in [4.69, 9.17) is 9.90 Å². The van der Waals surface area contributed by atoms with Crippen molar-refractivity contribution < 1.29 is 14.7 Å². The number of carbonyl (C=O) groups is 2. The van der Waals surface area contributed by atoms with Gasteiger partial charge in [-0.3, -0.25) is 9.59 Å². The monoisotopic (exact) mass is 440 g/mol. The zero-order valence-electron chi connectivity index (χ0n) is 17.6. The number of thiazole rings is 1. The summed E-state index contributed by atoms with van der Waals surface area (Å²) in [6, 6.07) is 11.2. The van der Waals surface area contributed by atoms with Gasteiger partial charge in [0.05, 0.1) is 16.6 Å². The van der Waals surface area contributed by atoms with Gasteiger partial charge < -0.3 is 20.3 Å².